The molecule has 0 saturated heterocycles. The molecule has 0 saturated carbocycles. The van der Waals surface area contributed by atoms with E-state index in [0.717, 1.165) is 0 Å². The number of amides is 1. The van der Waals surface area contributed by atoms with Crippen molar-refractivity contribution in [3.05, 3.63) is 70.0 Å². The van der Waals surface area contributed by atoms with Crippen molar-refractivity contribution in [3.8, 4) is 0 Å². The molecule has 0 aliphatic rings. The van der Waals surface area contributed by atoms with E-state index in [1.165, 1.54) is 63.6 Å². The lowest BCUT2D eigenvalue weighted by molar-refractivity contribution is -0.113. The highest BCUT2D eigenvalue weighted by Crippen LogP contribution is 2.25. The van der Waals surface area contributed by atoms with Crippen LogP contribution in [0.15, 0.2) is 69.3 Å². The lowest BCUT2D eigenvalue weighted by atomic mass is 10.1. The molecular weight excluding hydrogens is 408 g/mol. The largest absolute Gasteiger partial charge is 0.510 e. The molecule has 2 rings (SSSR count). The van der Waals surface area contributed by atoms with Crippen molar-refractivity contribution in [2.45, 2.75) is 6.92 Å². The third kappa shape index (κ3) is 5.79. The van der Waals surface area contributed by atoms with Crippen LogP contribution < -0.4 is 5.32 Å². The van der Waals surface area contributed by atoms with Gasteiger partial charge in [0.1, 0.15) is 17.1 Å². The first kappa shape index (κ1) is 22.9. The molecule has 0 fully saturated rings. The summed E-state index contributed by atoms with van der Waals surface area (Å²) in [4.78, 5) is 46.7. The summed E-state index contributed by atoms with van der Waals surface area (Å²) in [7, 11) is 2.36. The van der Waals surface area contributed by atoms with Gasteiger partial charge in [0, 0.05) is 5.69 Å². The Morgan fingerprint density at radius 1 is 0.968 bits per heavy atom. The van der Waals surface area contributed by atoms with Crippen LogP contribution in [0.3, 0.4) is 0 Å². The van der Waals surface area contributed by atoms with Crippen molar-refractivity contribution >= 4 is 34.9 Å². The second-order valence-corrected chi connectivity index (χ2v) is 5.94. The summed E-state index contributed by atoms with van der Waals surface area (Å²) >= 11 is 0. The van der Waals surface area contributed by atoms with Crippen molar-refractivity contribution in [1.29, 1.82) is 0 Å². The Balaban J connectivity index is 2.37. The van der Waals surface area contributed by atoms with E-state index in [1.807, 2.05) is 0 Å². The number of nitroso groups, excluding NO2 is 1. The van der Waals surface area contributed by atoms with E-state index in [1.54, 1.807) is 0 Å². The van der Waals surface area contributed by atoms with E-state index in [4.69, 9.17) is 0 Å². The maximum atomic E-state index is 12.5. The van der Waals surface area contributed by atoms with Gasteiger partial charge in [0.15, 0.2) is 5.70 Å². The van der Waals surface area contributed by atoms with Crippen LogP contribution in [0.25, 0.3) is 0 Å². The molecule has 0 aliphatic heterocycles. The number of benzene rings is 2. The van der Waals surface area contributed by atoms with E-state index in [-0.39, 0.29) is 22.5 Å². The van der Waals surface area contributed by atoms with E-state index in [9.17, 15) is 24.4 Å². The van der Waals surface area contributed by atoms with Crippen molar-refractivity contribution in [2.75, 3.05) is 19.5 Å². The molecule has 2 aromatic rings. The molecule has 0 aliphatic carbocycles. The number of methoxy groups -OCH3 is 2. The molecule has 31 heavy (non-hydrogen) atoms. The van der Waals surface area contributed by atoms with Crippen molar-refractivity contribution in [3.63, 3.8) is 0 Å². The quantitative estimate of drug-likeness (QED) is 0.221. The zero-order chi connectivity index (χ0) is 23.0. The molecule has 0 bridgehead atoms. The number of azo groups is 1. The number of ether oxygens (including phenoxy) is 2. The smallest absolute Gasteiger partial charge is 0.340 e. The third-order valence-corrected chi connectivity index (χ3v) is 3.87. The van der Waals surface area contributed by atoms with Gasteiger partial charge in [-0.2, -0.15) is 0 Å². The van der Waals surface area contributed by atoms with E-state index < -0.39 is 29.3 Å². The Morgan fingerprint density at radius 3 is 2.16 bits per heavy atom. The van der Waals surface area contributed by atoms with Gasteiger partial charge in [0.25, 0.3) is 5.91 Å². The van der Waals surface area contributed by atoms with E-state index in [0.29, 0.717) is 5.69 Å². The third-order valence-electron chi connectivity index (χ3n) is 3.87. The summed E-state index contributed by atoms with van der Waals surface area (Å²) in [5.41, 5.74) is 0.0244. The first-order valence-corrected chi connectivity index (χ1v) is 8.67. The minimum Gasteiger partial charge on any atom is -0.510 e. The Hall–Kier alpha value is -4.41. The molecule has 1 amide bonds. The standard InChI is InChI=1S/C20H18N4O7/c1-11(25)17(18(26)21-13-5-7-14(24-29)8-6-13)23-22-16-10-12(19(27)30-2)4-9-15(16)20(28)31-3/h4-10,25H,1-3H3,(H,21,26)/b17-11+,23-22?. The predicted octanol–water partition coefficient (Wildman–Crippen LogP) is 4.17. The van der Waals surface area contributed by atoms with Crippen molar-refractivity contribution < 1.29 is 29.0 Å². The van der Waals surface area contributed by atoms with Crippen molar-refractivity contribution in [1.82, 2.24) is 0 Å². The second-order valence-electron chi connectivity index (χ2n) is 5.94. The Bertz CT molecular complexity index is 1070. The van der Waals surface area contributed by atoms with Crippen LogP contribution in [0, 0.1) is 4.91 Å². The van der Waals surface area contributed by atoms with Gasteiger partial charge in [0.2, 0.25) is 0 Å². The number of allylic oxidation sites excluding steroid dienone is 1. The van der Waals surface area contributed by atoms with Crippen LogP contribution in [0.4, 0.5) is 17.1 Å². The normalized spacial score (nSPS) is 11.5. The number of anilines is 1. The predicted molar refractivity (Wildman–Crippen MR) is 109 cm³/mol. The lowest BCUT2D eigenvalue weighted by Crippen LogP contribution is -2.14. The molecule has 0 heterocycles. The number of nitrogens with one attached hydrogen (secondary N) is 1. The van der Waals surface area contributed by atoms with E-state index in [2.05, 4.69) is 30.2 Å². The molecule has 2 N–H and O–H groups in total. The number of esters is 2. The minimum absolute atomic E-state index is 0.0220. The maximum Gasteiger partial charge on any atom is 0.340 e. The van der Waals surface area contributed by atoms with Gasteiger partial charge in [-0.3, -0.25) is 4.79 Å². The molecule has 0 aromatic heterocycles. The highest BCUT2D eigenvalue weighted by molar-refractivity contribution is 6.04. The second kappa shape index (κ2) is 10.4. The zero-order valence-corrected chi connectivity index (χ0v) is 16.8. The summed E-state index contributed by atoms with van der Waals surface area (Å²) in [6, 6.07) is 9.52. The topological polar surface area (TPSA) is 156 Å². The summed E-state index contributed by atoms with van der Waals surface area (Å²) in [5.74, 6) is -2.67. The number of aliphatic hydroxyl groups is 1. The SMILES string of the molecule is COC(=O)c1ccc(C(=O)OC)c(N=N/C(C(=O)Nc2ccc(N=O)cc2)=C(\C)O)c1. The van der Waals surface area contributed by atoms with Gasteiger partial charge in [0.05, 0.1) is 25.3 Å². The number of nitrogens with zero attached hydrogens (tertiary/aromatic N) is 3. The van der Waals surface area contributed by atoms with Crippen LogP contribution in [-0.4, -0.2) is 37.2 Å². The molecule has 11 heteroatoms. The zero-order valence-electron chi connectivity index (χ0n) is 16.8. The first-order valence-electron chi connectivity index (χ1n) is 8.67. The van der Waals surface area contributed by atoms with Crippen molar-refractivity contribution in [2.24, 2.45) is 15.4 Å². The van der Waals surface area contributed by atoms with E-state index >= 15 is 0 Å². The fourth-order valence-electron chi connectivity index (χ4n) is 2.32. The lowest BCUT2D eigenvalue weighted by Gasteiger charge is -2.07. The average Bonchev–Trinajstić information content (AvgIpc) is 2.78. The number of carbonyl (C=O) groups is 3. The summed E-state index contributed by atoms with van der Waals surface area (Å²) in [5, 5.41) is 22.7. The van der Waals surface area contributed by atoms with Crippen LogP contribution in [0.1, 0.15) is 27.6 Å². The highest BCUT2D eigenvalue weighted by atomic mass is 16.5. The number of hydrogen-bond acceptors (Lipinski definition) is 10. The van der Waals surface area contributed by atoms with Crippen LogP contribution in [0.5, 0.6) is 0 Å². The van der Waals surface area contributed by atoms with Gasteiger partial charge in [-0.1, -0.05) is 0 Å². The minimum atomic E-state index is -0.806. The molecule has 11 nitrogen and oxygen atoms in total. The first-order chi connectivity index (χ1) is 14.8. The molecule has 0 atom stereocenters. The number of rotatable bonds is 7. The molecule has 0 unspecified atom stereocenters. The van der Waals surface area contributed by atoms with Crippen LogP contribution >= 0.6 is 0 Å². The van der Waals surface area contributed by atoms with Crippen LogP contribution in [0.2, 0.25) is 0 Å². The monoisotopic (exact) mass is 426 g/mol. The van der Waals surface area contributed by atoms with Crippen LogP contribution in [-0.2, 0) is 14.3 Å². The average molecular weight is 426 g/mol. The van der Waals surface area contributed by atoms with Gasteiger partial charge < -0.3 is 19.9 Å². The molecule has 160 valence electrons. The maximum absolute atomic E-state index is 12.5. The molecule has 2 aromatic carbocycles. The Labute approximate surface area is 176 Å². The summed E-state index contributed by atoms with van der Waals surface area (Å²) in [6.45, 7) is 1.22. The number of carbonyl (C=O) groups excluding carboxylic acids is 3. The fourth-order valence-corrected chi connectivity index (χ4v) is 2.32. The number of hydrogen-bond donors (Lipinski definition) is 2. The molecule has 0 spiro atoms. The van der Waals surface area contributed by atoms with Gasteiger partial charge in [-0.25, -0.2) is 9.59 Å². The Morgan fingerprint density at radius 2 is 1.61 bits per heavy atom. The number of aliphatic hydroxyl groups excluding tert-OH is 1. The Kier molecular flexibility index (Phi) is 7.67. The molecular formula is C20H18N4O7. The molecule has 0 radical (unpaired) electrons. The van der Waals surface area contributed by atoms with Gasteiger partial charge >= 0.3 is 11.9 Å². The summed E-state index contributed by atoms with van der Waals surface area (Å²) < 4.78 is 9.31. The van der Waals surface area contributed by atoms with Gasteiger partial charge in [-0.05, 0) is 54.6 Å². The fraction of sp³-hybridized carbons (Fsp3) is 0.150. The summed E-state index contributed by atoms with van der Waals surface area (Å²) in [6.07, 6.45) is 0. The highest BCUT2D eigenvalue weighted by Gasteiger charge is 2.18. The van der Waals surface area contributed by atoms with Gasteiger partial charge in [-0.15, -0.1) is 15.1 Å².